The average Bonchev–Trinajstić information content (AvgIpc) is 2.69. The molecule has 0 amide bonds. The van der Waals surface area contributed by atoms with Crippen LogP contribution < -0.4 is 16.2 Å². The molecule has 0 unspecified atom stereocenters. The van der Waals surface area contributed by atoms with Gasteiger partial charge in [0.2, 0.25) is 0 Å². The van der Waals surface area contributed by atoms with E-state index in [1.54, 1.807) is 6.08 Å². The lowest BCUT2D eigenvalue weighted by molar-refractivity contribution is 0.360. The Balaban J connectivity index is 2.26. The van der Waals surface area contributed by atoms with Crippen molar-refractivity contribution in [3.8, 4) is 5.75 Å². The van der Waals surface area contributed by atoms with Crippen molar-refractivity contribution < 1.29 is 4.74 Å². The number of H-pyrrole nitrogens is 1. The molecule has 2 rings (SSSR count). The highest BCUT2D eigenvalue weighted by Crippen LogP contribution is 2.25. The van der Waals surface area contributed by atoms with E-state index in [4.69, 9.17) is 16.2 Å². The van der Waals surface area contributed by atoms with Gasteiger partial charge >= 0.3 is 0 Å². The summed E-state index contributed by atoms with van der Waals surface area (Å²) in [7, 11) is 0. The number of rotatable bonds is 5. The van der Waals surface area contributed by atoms with Crippen LogP contribution in [0, 0.1) is 0 Å². The summed E-state index contributed by atoms with van der Waals surface area (Å²) in [5.74, 6) is 1.72. The van der Waals surface area contributed by atoms with Crippen LogP contribution in [0.4, 0.5) is 11.6 Å². The van der Waals surface area contributed by atoms with Gasteiger partial charge in [-0.3, -0.25) is 5.10 Å². The van der Waals surface area contributed by atoms with Crippen LogP contribution in [0.15, 0.2) is 36.9 Å². The lowest BCUT2D eigenvalue weighted by Crippen LogP contribution is -2.01. The fourth-order valence-corrected chi connectivity index (χ4v) is 1.71. The number of nitrogens with one attached hydrogen (secondary N) is 1. The number of para-hydroxylation sites is 1. The molecule has 0 saturated carbocycles. The standard InChI is InChI=1S/C13H16N4O/c1-2-7-18-11-6-4-3-5-9(11)8-10-12(14)16-17-13(10)15/h2-6H,1,7-8H2,(H5,14,15,16,17). The van der Waals surface area contributed by atoms with Gasteiger partial charge in [-0.1, -0.05) is 30.9 Å². The number of aromatic amines is 1. The van der Waals surface area contributed by atoms with Crippen molar-refractivity contribution in [2.24, 2.45) is 0 Å². The van der Waals surface area contributed by atoms with Crippen molar-refractivity contribution >= 4 is 11.6 Å². The van der Waals surface area contributed by atoms with Crippen LogP contribution in [0.2, 0.25) is 0 Å². The number of benzene rings is 1. The van der Waals surface area contributed by atoms with E-state index in [0.717, 1.165) is 16.9 Å². The third kappa shape index (κ3) is 2.45. The maximum Gasteiger partial charge on any atom is 0.150 e. The van der Waals surface area contributed by atoms with Gasteiger partial charge < -0.3 is 16.2 Å². The van der Waals surface area contributed by atoms with Crippen LogP contribution in [0.5, 0.6) is 5.75 Å². The molecule has 2 aromatic rings. The number of hydrogen-bond donors (Lipinski definition) is 3. The van der Waals surface area contributed by atoms with Gasteiger partial charge in [0, 0.05) is 12.0 Å². The van der Waals surface area contributed by atoms with Gasteiger partial charge in [0.25, 0.3) is 0 Å². The van der Waals surface area contributed by atoms with Crippen LogP contribution in [-0.2, 0) is 6.42 Å². The monoisotopic (exact) mass is 244 g/mol. The van der Waals surface area contributed by atoms with Crippen molar-refractivity contribution in [3.63, 3.8) is 0 Å². The molecular weight excluding hydrogens is 228 g/mol. The van der Waals surface area contributed by atoms with Crippen molar-refractivity contribution in [2.45, 2.75) is 6.42 Å². The molecule has 1 aromatic heterocycles. The molecule has 0 aliphatic heterocycles. The first-order valence-corrected chi connectivity index (χ1v) is 5.62. The Morgan fingerprint density at radius 3 is 2.78 bits per heavy atom. The van der Waals surface area contributed by atoms with Gasteiger partial charge in [0.1, 0.15) is 18.2 Å². The molecule has 1 heterocycles. The number of nitrogens with zero attached hydrogens (tertiary/aromatic N) is 1. The second-order valence-corrected chi connectivity index (χ2v) is 3.89. The zero-order valence-electron chi connectivity index (χ0n) is 10.0. The van der Waals surface area contributed by atoms with Crippen molar-refractivity contribution in [2.75, 3.05) is 18.1 Å². The molecule has 0 saturated heterocycles. The van der Waals surface area contributed by atoms with E-state index in [1.807, 2.05) is 24.3 Å². The summed E-state index contributed by atoms with van der Waals surface area (Å²) in [6.07, 6.45) is 2.29. The normalized spacial score (nSPS) is 10.2. The Labute approximate surface area is 105 Å². The summed E-state index contributed by atoms with van der Waals surface area (Å²) >= 11 is 0. The van der Waals surface area contributed by atoms with Crippen LogP contribution >= 0.6 is 0 Å². The third-order valence-electron chi connectivity index (χ3n) is 2.63. The quantitative estimate of drug-likeness (QED) is 0.699. The first-order valence-electron chi connectivity index (χ1n) is 5.62. The van der Waals surface area contributed by atoms with E-state index < -0.39 is 0 Å². The van der Waals surface area contributed by atoms with Gasteiger partial charge in [-0.25, -0.2) is 0 Å². The predicted octanol–water partition coefficient (Wildman–Crippen LogP) is 1.73. The number of ether oxygens (including phenoxy) is 1. The molecule has 0 aliphatic rings. The fraction of sp³-hybridized carbons (Fsp3) is 0.154. The smallest absolute Gasteiger partial charge is 0.150 e. The number of aromatic nitrogens is 2. The van der Waals surface area contributed by atoms with E-state index in [2.05, 4.69) is 16.8 Å². The van der Waals surface area contributed by atoms with Crippen LogP contribution in [0.25, 0.3) is 0 Å². The first-order chi connectivity index (χ1) is 8.72. The minimum absolute atomic E-state index is 0.422. The van der Waals surface area contributed by atoms with Gasteiger partial charge in [-0.15, -0.1) is 0 Å². The summed E-state index contributed by atoms with van der Waals surface area (Å²) in [6, 6.07) is 7.75. The predicted molar refractivity (Wildman–Crippen MR) is 72.4 cm³/mol. The van der Waals surface area contributed by atoms with Crippen LogP contribution in [0.3, 0.4) is 0 Å². The third-order valence-corrected chi connectivity index (χ3v) is 2.63. The molecule has 5 N–H and O–H groups in total. The second kappa shape index (κ2) is 5.27. The van der Waals surface area contributed by atoms with Gasteiger partial charge in [0.15, 0.2) is 5.82 Å². The largest absolute Gasteiger partial charge is 0.489 e. The molecule has 5 heteroatoms. The highest BCUT2D eigenvalue weighted by atomic mass is 16.5. The molecule has 1 aromatic carbocycles. The minimum atomic E-state index is 0.422. The fourth-order valence-electron chi connectivity index (χ4n) is 1.71. The zero-order chi connectivity index (χ0) is 13.0. The maximum absolute atomic E-state index is 5.78. The van der Waals surface area contributed by atoms with E-state index in [1.165, 1.54) is 0 Å². The molecule has 94 valence electrons. The summed E-state index contributed by atoms with van der Waals surface area (Å²) in [5.41, 5.74) is 13.4. The Morgan fingerprint density at radius 1 is 1.33 bits per heavy atom. The maximum atomic E-state index is 5.78. The van der Waals surface area contributed by atoms with Crippen molar-refractivity contribution in [3.05, 3.63) is 48.0 Å². The number of anilines is 2. The summed E-state index contributed by atoms with van der Waals surface area (Å²) in [6.45, 7) is 4.10. The van der Waals surface area contributed by atoms with Gasteiger partial charge in [0.05, 0.1) is 0 Å². The van der Waals surface area contributed by atoms with E-state index in [-0.39, 0.29) is 0 Å². The molecule has 0 bridgehead atoms. The molecule has 0 radical (unpaired) electrons. The second-order valence-electron chi connectivity index (χ2n) is 3.89. The topological polar surface area (TPSA) is 90.0 Å². The number of nitrogen functional groups attached to an aromatic ring is 2. The Bertz CT molecular complexity index is 528. The lowest BCUT2D eigenvalue weighted by atomic mass is 10.1. The molecule has 5 nitrogen and oxygen atoms in total. The Morgan fingerprint density at radius 2 is 2.11 bits per heavy atom. The van der Waals surface area contributed by atoms with Gasteiger partial charge in [-0.2, -0.15) is 5.10 Å². The Kier molecular flexibility index (Phi) is 3.52. The first kappa shape index (κ1) is 12.0. The van der Waals surface area contributed by atoms with E-state index >= 15 is 0 Å². The number of hydrogen-bond acceptors (Lipinski definition) is 4. The molecule has 0 spiro atoms. The minimum Gasteiger partial charge on any atom is -0.489 e. The highest BCUT2D eigenvalue weighted by molar-refractivity contribution is 5.56. The Hall–Kier alpha value is -2.43. The lowest BCUT2D eigenvalue weighted by Gasteiger charge is -2.09. The summed E-state index contributed by atoms with van der Waals surface area (Å²) < 4.78 is 5.58. The molecule has 0 fully saturated rings. The molecule has 0 aliphatic carbocycles. The SMILES string of the molecule is C=CCOc1ccccc1Cc1c(N)n[nH]c1N. The molecule has 18 heavy (non-hydrogen) atoms. The average molecular weight is 244 g/mol. The summed E-state index contributed by atoms with van der Waals surface area (Å²) in [4.78, 5) is 0. The highest BCUT2D eigenvalue weighted by Gasteiger charge is 2.11. The van der Waals surface area contributed by atoms with Crippen LogP contribution in [0.1, 0.15) is 11.1 Å². The number of nitrogens with two attached hydrogens (primary N) is 2. The van der Waals surface area contributed by atoms with Crippen LogP contribution in [-0.4, -0.2) is 16.8 Å². The van der Waals surface area contributed by atoms with E-state index in [9.17, 15) is 0 Å². The van der Waals surface area contributed by atoms with Gasteiger partial charge in [-0.05, 0) is 11.6 Å². The zero-order valence-corrected chi connectivity index (χ0v) is 10.0. The molecule has 0 atom stereocenters. The van der Waals surface area contributed by atoms with Crippen molar-refractivity contribution in [1.29, 1.82) is 0 Å². The summed E-state index contributed by atoms with van der Waals surface area (Å²) in [5, 5.41) is 6.54. The molecular formula is C13H16N4O. The van der Waals surface area contributed by atoms with E-state index in [0.29, 0.717) is 24.7 Å². The van der Waals surface area contributed by atoms with Crippen molar-refractivity contribution in [1.82, 2.24) is 10.2 Å².